The average molecular weight is 404 g/mol. The lowest BCUT2D eigenvalue weighted by molar-refractivity contribution is 0.630. The Morgan fingerprint density at radius 3 is 2.26 bits per heavy atom. The molecule has 1 atom stereocenters. The molecule has 1 unspecified atom stereocenters. The molecule has 0 heterocycles. The molecule has 2 aromatic carbocycles. The lowest BCUT2D eigenvalue weighted by Crippen LogP contribution is -2.21. The van der Waals surface area contributed by atoms with Crippen molar-refractivity contribution in [1.82, 2.24) is 5.32 Å². The highest BCUT2D eigenvalue weighted by Crippen LogP contribution is 2.28. The molecule has 2 aromatic rings. The summed E-state index contributed by atoms with van der Waals surface area (Å²) in [6.45, 7) is 3.00. The van der Waals surface area contributed by atoms with Gasteiger partial charge in [0.1, 0.15) is 0 Å². The second-order valence-corrected chi connectivity index (χ2v) is 6.51. The third kappa shape index (κ3) is 4.06. The summed E-state index contributed by atoms with van der Waals surface area (Å²) in [5, 5.41) is 4.23. The molecule has 2 rings (SSSR count). The van der Waals surface area contributed by atoms with Crippen LogP contribution in [0.2, 0.25) is 5.02 Å². The number of halogens is 3. The molecule has 0 amide bonds. The van der Waals surface area contributed by atoms with Crippen molar-refractivity contribution in [3.8, 4) is 0 Å². The Morgan fingerprint density at radius 2 is 1.68 bits per heavy atom. The lowest BCUT2D eigenvalue weighted by Gasteiger charge is -2.19. The lowest BCUT2D eigenvalue weighted by atomic mass is 9.99. The van der Waals surface area contributed by atoms with Crippen LogP contribution in [-0.2, 0) is 0 Å². The van der Waals surface area contributed by atoms with Gasteiger partial charge in [0.2, 0.25) is 0 Å². The van der Waals surface area contributed by atoms with Gasteiger partial charge >= 0.3 is 0 Å². The van der Waals surface area contributed by atoms with E-state index in [9.17, 15) is 0 Å². The third-order valence-electron chi connectivity index (χ3n) is 2.83. The van der Waals surface area contributed by atoms with Crippen molar-refractivity contribution in [2.45, 2.75) is 13.0 Å². The van der Waals surface area contributed by atoms with Crippen LogP contribution in [0, 0.1) is 0 Å². The summed E-state index contributed by atoms with van der Waals surface area (Å²) in [6.07, 6.45) is 0. The van der Waals surface area contributed by atoms with Crippen LogP contribution in [0.3, 0.4) is 0 Å². The predicted octanol–water partition coefficient (Wildman–Crippen LogP) is 5.56. The van der Waals surface area contributed by atoms with Crippen LogP contribution in [0.4, 0.5) is 0 Å². The van der Waals surface area contributed by atoms with Gasteiger partial charge in [0.05, 0.1) is 6.04 Å². The van der Waals surface area contributed by atoms with Crippen molar-refractivity contribution < 1.29 is 0 Å². The van der Waals surface area contributed by atoms with Gasteiger partial charge in [0.25, 0.3) is 0 Å². The standard InChI is InChI=1S/C15H14Br2ClN/c1-2-19-15(10-3-5-12(16)6-4-10)11-7-13(17)9-14(18)8-11/h3-9,15,19H,2H2,1H3. The summed E-state index contributed by atoms with van der Waals surface area (Å²) in [4.78, 5) is 0. The molecule has 0 spiro atoms. The quantitative estimate of drug-likeness (QED) is 0.704. The first kappa shape index (κ1) is 15.0. The minimum atomic E-state index is 0.146. The highest BCUT2D eigenvalue weighted by Gasteiger charge is 2.14. The molecule has 19 heavy (non-hydrogen) atoms. The molecule has 1 N–H and O–H groups in total. The molecule has 0 aromatic heterocycles. The Balaban J connectivity index is 2.41. The molecule has 0 aliphatic rings. The van der Waals surface area contributed by atoms with E-state index in [0.717, 1.165) is 26.1 Å². The van der Waals surface area contributed by atoms with E-state index < -0.39 is 0 Å². The van der Waals surface area contributed by atoms with Crippen LogP contribution in [-0.4, -0.2) is 6.54 Å². The molecule has 4 heteroatoms. The zero-order valence-electron chi connectivity index (χ0n) is 10.5. The molecule has 100 valence electrons. The maximum Gasteiger partial charge on any atom is 0.0577 e. The second kappa shape index (κ2) is 6.89. The van der Waals surface area contributed by atoms with Gasteiger partial charge in [-0.15, -0.1) is 0 Å². The summed E-state index contributed by atoms with van der Waals surface area (Å²) in [5.74, 6) is 0. The van der Waals surface area contributed by atoms with E-state index >= 15 is 0 Å². The van der Waals surface area contributed by atoms with Crippen LogP contribution in [0.25, 0.3) is 0 Å². The maximum absolute atomic E-state index is 6.14. The average Bonchev–Trinajstić information content (AvgIpc) is 2.36. The smallest absolute Gasteiger partial charge is 0.0577 e. The molecule has 1 nitrogen and oxygen atoms in total. The SMILES string of the molecule is CCNC(c1ccc(Br)cc1)c1cc(Cl)cc(Br)c1. The molecule has 0 saturated heterocycles. The molecule has 0 radical (unpaired) electrons. The van der Waals surface area contributed by atoms with Crippen LogP contribution in [0.5, 0.6) is 0 Å². The van der Waals surface area contributed by atoms with E-state index in [1.54, 1.807) is 0 Å². The first-order valence-electron chi connectivity index (χ1n) is 6.05. The fourth-order valence-electron chi connectivity index (χ4n) is 2.03. The number of rotatable bonds is 4. The van der Waals surface area contributed by atoms with Gasteiger partial charge in [-0.1, -0.05) is 62.5 Å². The summed E-state index contributed by atoms with van der Waals surface area (Å²) in [6, 6.07) is 14.5. The van der Waals surface area contributed by atoms with Crippen molar-refractivity contribution in [3.05, 3.63) is 67.6 Å². The zero-order valence-corrected chi connectivity index (χ0v) is 14.4. The highest BCUT2D eigenvalue weighted by molar-refractivity contribution is 9.10. The molecule has 0 bridgehead atoms. The number of benzene rings is 2. The molecular weight excluding hydrogens is 389 g/mol. The van der Waals surface area contributed by atoms with Gasteiger partial charge in [-0.25, -0.2) is 0 Å². The minimum absolute atomic E-state index is 0.146. The predicted molar refractivity (Wildman–Crippen MR) is 88.8 cm³/mol. The van der Waals surface area contributed by atoms with E-state index in [1.165, 1.54) is 5.56 Å². The molecular formula is C15H14Br2ClN. The zero-order chi connectivity index (χ0) is 13.8. The Hall–Kier alpha value is -0.350. The third-order valence-corrected chi connectivity index (χ3v) is 4.03. The monoisotopic (exact) mass is 401 g/mol. The van der Waals surface area contributed by atoms with Crippen molar-refractivity contribution in [2.75, 3.05) is 6.54 Å². The van der Waals surface area contributed by atoms with E-state index in [4.69, 9.17) is 11.6 Å². The fraction of sp³-hybridized carbons (Fsp3) is 0.200. The van der Waals surface area contributed by atoms with Gasteiger partial charge < -0.3 is 5.32 Å². The van der Waals surface area contributed by atoms with Crippen molar-refractivity contribution in [2.24, 2.45) is 0 Å². The normalized spacial score (nSPS) is 12.4. The summed E-state index contributed by atoms with van der Waals surface area (Å²) >= 11 is 13.1. The van der Waals surface area contributed by atoms with Crippen molar-refractivity contribution in [1.29, 1.82) is 0 Å². The van der Waals surface area contributed by atoms with Crippen molar-refractivity contribution >= 4 is 43.5 Å². The minimum Gasteiger partial charge on any atom is -0.307 e. The van der Waals surface area contributed by atoms with Gasteiger partial charge in [0.15, 0.2) is 0 Å². The van der Waals surface area contributed by atoms with Gasteiger partial charge in [-0.2, -0.15) is 0 Å². The van der Waals surface area contributed by atoms with E-state index in [-0.39, 0.29) is 6.04 Å². The van der Waals surface area contributed by atoms with Crippen LogP contribution in [0.1, 0.15) is 24.1 Å². The van der Waals surface area contributed by atoms with Gasteiger partial charge in [-0.05, 0) is 48.0 Å². The van der Waals surface area contributed by atoms with Crippen LogP contribution < -0.4 is 5.32 Å². The highest BCUT2D eigenvalue weighted by atomic mass is 79.9. The Morgan fingerprint density at radius 1 is 1.00 bits per heavy atom. The Labute approximate surface area is 135 Å². The van der Waals surface area contributed by atoms with E-state index in [0.29, 0.717) is 0 Å². The van der Waals surface area contributed by atoms with E-state index in [1.807, 2.05) is 12.1 Å². The van der Waals surface area contributed by atoms with Crippen LogP contribution >= 0.6 is 43.5 Å². The molecule has 0 fully saturated rings. The summed E-state index contributed by atoms with van der Waals surface area (Å²) in [7, 11) is 0. The maximum atomic E-state index is 6.14. The molecule has 0 aliphatic heterocycles. The Bertz CT molecular complexity index is 534. The van der Waals surface area contributed by atoms with Crippen LogP contribution in [0.15, 0.2) is 51.4 Å². The first-order chi connectivity index (χ1) is 9.10. The van der Waals surface area contributed by atoms with Gasteiger partial charge in [-0.3, -0.25) is 0 Å². The summed E-state index contributed by atoms with van der Waals surface area (Å²) < 4.78 is 2.08. The van der Waals surface area contributed by atoms with E-state index in [2.05, 4.69) is 74.4 Å². The molecule has 0 saturated carbocycles. The fourth-order valence-corrected chi connectivity index (χ4v) is 3.18. The Kier molecular flexibility index (Phi) is 5.46. The topological polar surface area (TPSA) is 12.0 Å². The van der Waals surface area contributed by atoms with Gasteiger partial charge in [0, 0.05) is 14.0 Å². The number of hydrogen-bond donors (Lipinski definition) is 1. The number of hydrogen-bond acceptors (Lipinski definition) is 1. The van der Waals surface area contributed by atoms with Crippen molar-refractivity contribution in [3.63, 3.8) is 0 Å². The summed E-state index contributed by atoms with van der Waals surface area (Å²) in [5.41, 5.74) is 2.38. The largest absolute Gasteiger partial charge is 0.307 e. The first-order valence-corrected chi connectivity index (χ1v) is 8.01. The second-order valence-electron chi connectivity index (χ2n) is 4.25. The number of nitrogens with one attached hydrogen (secondary N) is 1. The molecule has 0 aliphatic carbocycles.